The molecule has 0 unspecified atom stereocenters. The number of aromatic nitrogens is 4. The van der Waals surface area contributed by atoms with Crippen LogP contribution in [-0.4, -0.2) is 63.0 Å². The first-order chi connectivity index (χ1) is 14.4. The van der Waals surface area contributed by atoms with Gasteiger partial charge in [0.05, 0.1) is 23.6 Å². The minimum absolute atomic E-state index is 0.0880. The fraction of sp³-hybridized carbons (Fsp3) is 0.429. The number of H-pyrrole nitrogens is 1. The van der Waals surface area contributed by atoms with Crippen LogP contribution in [0.5, 0.6) is 0 Å². The van der Waals surface area contributed by atoms with Crippen LogP contribution >= 0.6 is 11.6 Å². The van der Waals surface area contributed by atoms with E-state index in [0.29, 0.717) is 49.1 Å². The number of hydrogen-bond acceptors (Lipinski definition) is 6. The van der Waals surface area contributed by atoms with Crippen molar-refractivity contribution in [2.24, 2.45) is 0 Å². The average molecular weight is 431 g/mol. The van der Waals surface area contributed by atoms with E-state index in [1.165, 1.54) is 0 Å². The average Bonchev–Trinajstić information content (AvgIpc) is 3.34. The van der Waals surface area contributed by atoms with Crippen molar-refractivity contribution >= 4 is 17.5 Å². The predicted octanol–water partition coefficient (Wildman–Crippen LogP) is 3.33. The molecule has 3 rings (SSSR count). The van der Waals surface area contributed by atoms with Crippen molar-refractivity contribution in [3.05, 3.63) is 52.9 Å². The molecule has 1 aromatic carbocycles. The molecule has 0 saturated heterocycles. The zero-order valence-corrected chi connectivity index (χ0v) is 18.3. The number of nitrogens with zero attached hydrogens (tertiary/aromatic N) is 5. The molecule has 1 N–H and O–H groups in total. The quantitative estimate of drug-likeness (QED) is 0.530. The molecule has 30 heavy (non-hydrogen) atoms. The van der Waals surface area contributed by atoms with Gasteiger partial charge >= 0.3 is 0 Å². The van der Waals surface area contributed by atoms with E-state index in [1.54, 1.807) is 12.4 Å². The lowest BCUT2D eigenvalue weighted by Gasteiger charge is -2.24. The van der Waals surface area contributed by atoms with Crippen molar-refractivity contribution < 1.29 is 9.32 Å². The molecule has 0 saturated carbocycles. The Bertz CT molecular complexity index is 968. The van der Waals surface area contributed by atoms with Crippen LogP contribution in [0.1, 0.15) is 30.1 Å². The number of halogens is 1. The molecule has 2 aromatic heterocycles. The Balaban J connectivity index is 1.56. The van der Waals surface area contributed by atoms with E-state index in [0.717, 1.165) is 23.5 Å². The smallest absolute Gasteiger partial charge is 0.226 e. The van der Waals surface area contributed by atoms with Gasteiger partial charge in [0.1, 0.15) is 0 Å². The van der Waals surface area contributed by atoms with Crippen LogP contribution in [0, 0.1) is 6.92 Å². The molecule has 1 amide bonds. The largest absolute Gasteiger partial charge is 0.348 e. The van der Waals surface area contributed by atoms with Gasteiger partial charge in [-0.05, 0) is 39.6 Å². The first kappa shape index (κ1) is 22.0. The van der Waals surface area contributed by atoms with E-state index in [4.69, 9.17) is 16.1 Å². The summed E-state index contributed by atoms with van der Waals surface area (Å²) in [6.45, 7) is 3.90. The summed E-state index contributed by atoms with van der Waals surface area (Å²) in [5.74, 6) is 1.05. The molecular weight excluding hydrogens is 404 g/mol. The minimum atomic E-state index is 0.0880. The van der Waals surface area contributed by atoms with Crippen LogP contribution in [0.2, 0.25) is 5.02 Å². The Hall–Kier alpha value is -2.71. The maximum atomic E-state index is 12.8. The third kappa shape index (κ3) is 5.90. The predicted molar refractivity (Wildman–Crippen MR) is 115 cm³/mol. The number of hydrogen-bond donors (Lipinski definition) is 1. The lowest BCUT2D eigenvalue weighted by Crippen LogP contribution is -2.36. The highest BCUT2D eigenvalue weighted by atomic mass is 35.5. The summed E-state index contributed by atoms with van der Waals surface area (Å²) < 4.78 is 5.33. The molecule has 0 spiro atoms. The first-order valence-electron chi connectivity index (χ1n) is 9.93. The van der Waals surface area contributed by atoms with Crippen LogP contribution in [0.25, 0.3) is 11.4 Å². The Morgan fingerprint density at radius 2 is 2.03 bits per heavy atom. The number of carbonyl (C=O) groups excluding carboxylic acids is 1. The summed E-state index contributed by atoms with van der Waals surface area (Å²) in [7, 11) is 3.99. The first-order valence-corrected chi connectivity index (χ1v) is 10.3. The second-order valence-electron chi connectivity index (χ2n) is 7.44. The van der Waals surface area contributed by atoms with Crippen LogP contribution in [0.15, 0.2) is 35.1 Å². The molecule has 9 heteroatoms. The van der Waals surface area contributed by atoms with Gasteiger partial charge in [-0.3, -0.25) is 4.79 Å². The van der Waals surface area contributed by atoms with Gasteiger partial charge in [0, 0.05) is 37.2 Å². The number of carbonyl (C=O) groups is 1. The van der Waals surface area contributed by atoms with E-state index in [9.17, 15) is 4.79 Å². The van der Waals surface area contributed by atoms with Crippen LogP contribution in [0.3, 0.4) is 0 Å². The number of aromatic amines is 1. The van der Waals surface area contributed by atoms with Gasteiger partial charge in [-0.25, -0.2) is 4.98 Å². The van der Waals surface area contributed by atoms with Gasteiger partial charge < -0.3 is 19.3 Å². The molecule has 160 valence electrons. The van der Waals surface area contributed by atoms with Gasteiger partial charge in [-0.15, -0.1) is 0 Å². The Kier molecular flexibility index (Phi) is 7.59. The zero-order valence-electron chi connectivity index (χ0n) is 17.6. The molecule has 2 heterocycles. The monoisotopic (exact) mass is 430 g/mol. The van der Waals surface area contributed by atoms with E-state index in [1.807, 2.05) is 44.1 Å². The normalized spacial score (nSPS) is 11.2. The molecule has 3 aromatic rings. The van der Waals surface area contributed by atoms with Crippen molar-refractivity contribution in [2.75, 3.05) is 27.2 Å². The van der Waals surface area contributed by atoms with Gasteiger partial charge in [-0.2, -0.15) is 4.98 Å². The number of rotatable bonds is 10. The van der Waals surface area contributed by atoms with E-state index in [-0.39, 0.29) is 5.91 Å². The number of imidazole rings is 1. The fourth-order valence-electron chi connectivity index (χ4n) is 3.00. The number of aryl methyl sites for hydroxylation is 2. The maximum absolute atomic E-state index is 12.8. The van der Waals surface area contributed by atoms with E-state index >= 15 is 0 Å². The highest BCUT2D eigenvalue weighted by molar-refractivity contribution is 6.33. The lowest BCUT2D eigenvalue weighted by atomic mass is 10.2. The molecule has 0 bridgehead atoms. The number of nitrogens with one attached hydrogen (secondary N) is 1. The Morgan fingerprint density at radius 1 is 1.23 bits per heavy atom. The van der Waals surface area contributed by atoms with Crippen molar-refractivity contribution in [3.8, 4) is 11.4 Å². The molecule has 0 fully saturated rings. The van der Waals surface area contributed by atoms with E-state index in [2.05, 4.69) is 25.0 Å². The molecular formula is C21H27ClN6O2. The molecule has 0 aliphatic carbocycles. The minimum Gasteiger partial charge on any atom is -0.348 e. The van der Waals surface area contributed by atoms with Crippen molar-refractivity contribution in [1.82, 2.24) is 29.9 Å². The van der Waals surface area contributed by atoms with Crippen LogP contribution in [-0.2, 0) is 17.8 Å². The van der Waals surface area contributed by atoms with Crippen LogP contribution < -0.4 is 0 Å². The number of likely N-dealkylation sites (N-methyl/N-ethyl adjacent to an activating group) is 1. The molecule has 0 radical (unpaired) electrons. The maximum Gasteiger partial charge on any atom is 0.226 e. The van der Waals surface area contributed by atoms with Gasteiger partial charge in [-0.1, -0.05) is 28.9 Å². The van der Waals surface area contributed by atoms with Crippen molar-refractivity contribution in [2.45, 2.75) is 32.7 Å². The fourth-order valence-corrected chi connectivity index (χ4v) is 3.22. The van der Waals surface area contributed by atoms with Crippen molar-refractivity contribution in [1.29, 1.82) is 0 Å². The standard InChI is InChI=1S/C21H27ClN6O2/c1-15-18(24-14-23-15)13-28(12-11-27(2)3)20(29)10-6-9-19-25-21(26-30-19)16-7-4-5-8-17(16)22/h4-5,7-8,14H,6,9-13H2,1-3H3,(H,23,24). The highest BCUT2D eigenvalue weighted by Gasteiger charge is 2.17. The molecule has 8 nitrogen and oxygen atoms in total. The molecule has 0 aliphatic heterocycles. The third-order valence-corrected chi connectivity index (χ3v) is 5.14. The lowest BCUT2D eigenvalue weighted by molar-refractivity contribution is -0.132. The summed E-state index contributed by atoms with van der Waals surface area (Å²) in [6, 6.07) is 7.36. The summed E-state index contributed by atoms with van der Waals surface area (Å²) in [4.78, 5) is 28.6. The summed E-state index contributed by atoms with van der Waals surface area (Å²) in [6.07, 6.45) is 3.22. The summed E-state index contributed by atoms with van der Waals surface area (Å²) in [5, 5.41) is 4.58. The molecule has 0 aliphatic rings. The topological polar surface area (TPSA) is 91.2 Å². The summed E-state index contributed by atoms with van der Waals surface area (Å²) >= 11 is 6.19. The Labute approximate surface area is 181 Å². The second-order valence-corrected chi connectivity index (χ2v) is 7.85. The van der Waals surface area contributed by atoms with Gasteiger partial charge in [0.15, 0.2) is 0 Å². The van der Waals surface area contributed by atoms with Gasteiger partial charge in [0.25, 0.3) is 0 Å². The molecule has 0 atom stereocenters. The number of benzene rings is 1. The van der Waals surface area contributed by atoms with Crippen molar-refractivity contribution in [3.63, 3.8) is 0 Å². The number of amides is 1. The van der Waals surface area contributed by atoms with Gasteiger partial charge in [0.2, 0.25) is 17.6 Å². The van der Waals surface area contributed by atoms with Crippen LogP contribution in [0.4, 0.5) is 0 Å². The second kappa shape index (κ2) is 10.4. The highest BCUT2D eigenvalue weighted by Crippen LogP contribution is 2.25. The van der Waals surface area contributed by atoms with E-state index < -0.39 is 0 Å². The SMILES string of the molecule is Cc1[nH]cnc1CN(CCN(C)C)C(=O)CCCc1nc(-c2ccccc2Cl)no1. The third-order valence-electron chi connectivity index (χ3n) is 4.81. The Morgan fingerprint density at radius 3 is 2.73 bits per heavy atom. The summed E-state index contributed by atoms with van der Waals surface area (Å²) in [5.41, 5.74) is 2.61. The zero-order chi connectivity index (χ0) is 21.5.